The molecule has 0 heterocycles. The monoisotopic (exact) mass is 1590 g/mol. The van der Waals surface area contributed by atoms with Crippen molar-refractivity contribution in [1.29, 1.82) is 0 Å². The Morgan fingerprint density at radius 1 is 0.343 bits per heavy atom. The summed E-state index contributed by atoms with van der Waals surface area (Å²) in [5.74, 6) is -12.4. The molecule has 0 aliphatic heterocycles. The van der Waals surface area contributed by atoms with E-state index in [0.717, 1.165) is 14.7 Å². The van der Waals surface area contributed by atoms with E-state index >= 15 is 0 Å². The van der Waals surface area contributed by atoms with Crippen LogP contribution in [0.15, 0.2) is 20.6 Å². The van der Waals surface area contributed by atoms with Crippen molar-refractivity contribution in [1.82, 2.24) is 35.1 Å². The summed E-state index contributed by atoms with van der Waals surface area (Å²) in [6.45, 7) is -17.9. The van der Waals surface area contributed by atoms with Gasteiger partial charge in [-0.25, -0.2) is 0 Å². The van der Waals surface area contributed by atoms with Crippen LogP contribution < -0.4 is 26.0 Å². The van der Waals surface area contributed by atoms with Crippen LogP contribution in [0.3, 0.4) is 0 Å². The fraction of sp³-hybridized carbons (Fsp3) is 0.740. The van der Waals surface area contributed by atoms with Crippen LogP contribution in [-0.2, 0) is 62.5 Å². The molecule has 49 heteroatoms. The topological polar surface area (TPSA) is 786 Å². The molecule has 16 atom stereocenters. The van der Waals surface area contributed by atoms with Gasteiger partial charge in [0.1, 0.15) is 97.7 Å². The number of amides is 6. The van der Waals surface area contributed by atoms with Gasteiger partial charge in [0.05, 0.1) is 82.3 Å². The maximum absolute atomic E-state index is 13.2. The summed E-state index contributed by atoms with van der Waals surface area (Å²) >= 11 is 0. The summed E-state index contributed by atoms with van der Waals surface area (Å²) in [5, 5.41) is 245. The molecule has 1 radical (unpaired) electrons. The van der Waals surface area contributed by atoms with Gasteiger partial charge in [0.15, 0.2) is 26.4 Å². The smallest absolute Gasteiger partial charge is 0.549 e. The molecule has 0 spiro atoms. The minimum Gasteiger partial charge on any atom is -0.549 e. The molecule has 9 unspecified atom stereocenters. The maximum atomic E-state index is 13.2. The number of oxime groups is 4. The van der Waals surface area contributed by atoms with Crippen LogP contribution in [0.1, 0.15) is 0 Å². The van der Waals surface area contributed by atoms with Gasteiger partial charge in [0.2, 0.25) is 11.8 Å². The molecule has 0 aliphatic carbocycles. The van der Waals surface area contributed by atoms with E-state index in [1.54, 1.807) is 0 Å². The molecular weight excluding hydrogens is 1500 g/mol. The molecule has 0 bridgehead atoms. The molecule has 6 amide bonds. The zero-order valence-corrected chi connectivity index (χ0v) is 54.5. The minimum absolute atomic E-state index is 0. The summed E-state index contributed by atoms with van der Waals surface area (Å²) in [6, 6.07) is 0. The SMILES string of the molecule is O.O=C([O-])CN(CCN(CC(=O)[O-])CC(=O)NCCN(C(=O)CO/N=C/C(O)[C@@H](O)[C@H](O)C(O)CO)C(=O)CO/N=C/C(O)[C@@H](O)[C@@H](O)C(O)CO)CCN(CC(=O)[O-])CC(=O)NCCN(C(=O)CO/N=C/C(O)C(O)[C@H](O)C(O)CO)C(=O)CO/N=C/[C@H](O)C(O)[C@H](O)C(O)CO.[Gd+3]. The van der Waals surface area contributed by atoms with E-state index in [1.165, 1.54) is 0 Å². The third-order valence-electron chi connectivity index (χ3n) is 12.8. The van der Waals surface area contributed by atoms with Crippen molar-refractivity contribution in [2.75, 3.05) is 138 Å². The van der Waals surface area contributed by atoms with Crippen LogP contribution in [-0.4, -0.2) is 446 Å². The van der Waals surface area contributed by atoms with E-state index in [9.17, 15) is 140 Å². The molecule has 0 saturated heterocycles. The standard InChI is InChI=1S/C50H87N11O36.Gd.H2O/c62-18-30(70)47(90)43(86)26(66)9-53-94-22-36(76)60(37(77)23-95-54-10-27(67)44(87)48(91)31(71)19-63)3-1-51-34(74)13-58(16-41(82)83)7-5-57(15-40(80)81)6-8-59(17-42(84)85)14-35(75)52-2-4-61(38(78)24-96-55-11-28(68)45(88)49(92)32(72)20-64)39(79)25-97-56-12-29(69)46(89)50(93)33(73)21-65;;/h9-12,26-33,43-50,62-73,86-93H,1-8,13-25H2,(H,51,74)(H,52,75)(H,80,81)(H,82,83)(H,84,85);;1H2/q;+3;/p-3/b53-9+,54-10+,55-11+,56-12+;;/t26-,27?,28?,29?,30?,31?,32?,33?,43?,44?,45+,46+,47+,48+,49-,50+;;/m0../s1. The Bertz CT molecular complexity index is 2240. The molecule has 0 aromatic rings. The fourth-order valence-electron chi connectivity index (χ4n) is 7.33. The maximum Gasteiger partial charge on any atom is 3.00 e. The number of carboxylic acids is 3. The van der Waals surface area contributed by atoms with Gasteiger partial charge in [-0.3, -0.25) is 53.3 Å². The number of hydrogen-bond donors (Lipinski definition) is 22. The van der Waals surface area contributed by atoms with Gasteiger partial charge < -0.3 is 167 Å². The average molecular weight is 1590 g/mol. The van der Waals surface area contributed by atoms with Crippen molar-refractivity contribution in [3.05, 3.63) is 0 Å². The second-order valence-corrected chi connectivity index (χ2v) is 20.4. The quantitative estimate of drug-likeness (QED) is 0.0199. The summed E-state index contributed by atoms with van der Waals surface area (Å²) in [4.78, 5) is 137. The first-order valence-corrected chi connectivity index (χ1v) is 28.5. The molecular formula is C50H86GdN11O37. The van der Waals surface area contributed by atoms with Crippen molar-refractivity contribution in [3.63, 3.8) is 0 Å². The van der Waals surface area contributed by atoms with Gasteiger partial charge in [0, 0.05) is 72.0 Å². The number of imide groups is 2. The average Bonchev–Trinajstić information content (AvgIpc) is 0.948. The zero-order chi connectivity index (χ0) is 74.1. The van der Waals surface area contributed by atoms with E-state index in [1.807, 2.05) is 0 Å². The van der Waals surface area contributed by atoms with Crippen LogP contribution in [0, 0.1) is 39.9 Å². The van der Waals surface area contributed by atoms with Gasteiger partial charge in [-0.05, 0) is 0 Å². The molecule has 0 aromatic carbocycles. The molecule has 0 rings (SSSR count). The molecule has 24 N–H and O–H groups in total. The van der Waals surface area contributed by atoms with Gasteiger partial charge in [-0.15, -0.1) is 0 Å². The number of carboxylic acid groups (broad SMARTS) is 3. The molecule has 571 valence electrons. The van der Waals surface area contributed by atoms with Crippen LogP contribution >= 0.6 is 0 Å². The zero-order valence-electron chi connectivity index (χ0n) is 52.3. The number of aliphatic hydroxyl groups excluding tert-OH is 20. The number of carbonyl (C=O) groups excluding carboxylic acids is 9. The first kappa shape index (κ1) is 97.1. The first-order valence-electron chi connectivity index (χ1n) is 28.5. The van der Waals surface area contributed by atoms with Gasteiger partial charge >= 0.3 is 39.9 Å². The Balaban J connectivity index is -0.0000461. The summed E-state index contributed by atoms with van der Waals surface area (Å²) in [5.41, 5.74) is 0. The third kappa shape index (κ3) is 40.2. The Kier molecular flexibility index (Phi) is 52.6. The van der Waals surface area contributed by atoms with Crippen molar-refractivity contribution in [2.24, 2.45) is 20.6 Å². The summed E-state index contributed by atoms with van der Waals surface area (Å²) in [7, 11) is 0. The van der Waals surface area contributed by atoms with Crippen molar-refractivity contribution in [2.45, 2.75) is 97.7 Å². The summed E-state index contributed by atoms with van der Waals surface area (Å²) in [6.07, 6.45) is -31.1. The number of carbonyl (C=O) groups is 9. The number of nitrogens with one attached hydrogen (secondary N) is 2. The van der Waals surface area contributed by atoms with Crippen LogP contribution in [0.2, 0.25) is 0 Å². The number of aliphatic hydroxyl groups is 20. The normalized spacial score (nSPS) is 16.7. The molecule has 48 nitrogen and oxygen atoms in total. The molecule has 0 aromatic heterocycles. The van der Waals surface area contributed by atoms with E-state index in [0.29, 0.717) is 34.7 Å². The summed E-state index contributed by atoms with van der Waals surface area (Å²) < 4.78 is 0. The first-order chi connectivity index (χ1) is 45.6. The number of rotatable bonds is 54. The molecule has 0 fully saturated rings. The number of hydrogen-bond acceptors (Lipinski definition) is 43. The second-order valence-electron chi connectivity index (χ2n) is 20.4. The largest absolute Gasteiger partial charge is 3.00 e. The molecule has 0 aliphatic rings. The van der Waals surface area contributed by atoms with E-state index in [2.05, 4.69) is 31.3 Å². The van der Waals surface area contributed by atoms with Crippen LogP contribution in [0.4, 0.5) is 0 Å². The predicted octanol–water partition coefficient (Wildman–Crippen LogP) is -23.0. The van der Waals surface area contributed by atoms with Crippen LogP contribution in [0.25, 0.3) is 0 Å². The van der Waals surface area contributed by atoms with Crippen LogP contribution in [0.5, 0.6) is 0 Å². The van der Waals surface area contributed by atoms with E-state index in [4.69, 9.17) is 39.8 Å². The van der Waals surface area contributed by atoms with Gasteiger partial charge in [0.25, 0.3) is 23.6 Å². The Labute approximate surface area is 592 Å². The Morgan fingerprint density at radius 3 is 0.768 bits per heavy atom. The molecule has 0 saturated carbocycles. The van der Waals surface area contributed by atoms with Gasteiger partial charge in [-0.1, -0.05) is 20.6 Å². The molecule has 99 heavy (non-hydrogen) atoms. The van der Waals surface area contributed by atoms with E-state index < -0.39 is 289 Å². The predicted molar refractivity (Wildman–Crippen MR) is 310 cm³/mol. The number of nitrogens with zero attached hydrogens (tertiary/aromatic N) is 9. The number of aliphatic carboxylic acids is 3. The van der Waals surface area contributed by atoms with Crippen molar-refractivity contribution < 1.29 is 225 Å². The van der Waals surface area contributed by atoms with E-state index in [-0.39, 0.29) is 45.4 Å². The van der Waals surface area contributed by atoms with Crippen molar-refractivity contribution in [3.8, 4) is 0 Å². The minimum atomic E-state index is -2.15. The second kappa shape index (κ2) is 53.7. The third-order valence-corrected chi connectivity index (χ3v) is 12.8. The van der Waals surface area contributed by atoms with Crippen molar-refractivity contribution >= 4 is 78.2 Å². The fourth-order valence-corrected chi connectivity index (χ4v) is 7.33. The Morgan fingerprint density at radius 2 is 0.556 bits per heavy atom. The Hall–Kier alpha value is -6.13. The van der Waals surface area contributed by atoms with Gasteiger partial charge in [-0.2, -0.15) is 0 Å².